The third-order valence-electron chi connectivity index (χ3n) is 5.28. The van der Waals surface area contributed by atoms with Crippen LogP contribution >= 0.6 is 11.6 Å². The average Bonchev–Trinajstić information content (AvgIpc) is 3.07. The van der Waals surface area contributed by atoms with Crippen molar-refractivity contribution in [3.05, 3.63) is 59.0 Å². The van der Waals surface area contributed by atoms with E-state index in [9.17, 15) is 4.79 Å². The first-order chi connectivity index (χ1) is 14.1. The summed E-state index contributed by atoms with van der Waals surface area (Å²) >= 11 is 6.33. The van der Waals surface area contributed by atoms with E-state index >= 15 is 0 Å². The number of hydrogen-bond acceptors (Lipinski definition) is 4. The number of nitrogens with one attached hydrogen (secondary N) is 1. The van der Waals surface area contributed by atoms with Gasteiger partial charge < -0.3 is 14.5 Å². The van der Waals surface area contributed by atoms with Crippen LogP contribution in [0.1, 0.15) is 16.1 Å². The summed E-state index contributed by atoms with van der Waals surface area (Å²) in [6.45, 7) is 5.29. The van der Waals surface area contributed by atoms with Gasteiger partial charge in [-0.2, -0.15) is 5.10 Å². The molecule has 1 fully saturated rings. The Morgan fingerprint density at radius 3 is 2.83 bits per heavy atom. The van der Waals surface area contributed by atoms with Crippen LogP contribution in [0.3, 0.4) is 0 Å². The van der Waals surface area contributed by atoms with Gasteiger partial charge in [0.1, 0.15) is 18.8 Å². The Morgan fingerprint density at radius 2 is 2.07 bits per heavy atom. The first kappa shape index (κ1) is 19.8. The van der Waals surface area contributed by atoms with Crippen LogP contribution in [0.5, 0.6) is 0 Å². The number of amides is 1. The lowest BCUT2D eigenvalue weighted by Crippen LogP contribution is -3.14. The maximum atomic E-state index is 13.5. The molecule has 0 spiro atoms. The van der Waals surface area contributed by atoms with E-state index in [0.29, 0.717) is 29.4 Å². The van der Waals surface area contributed by atoms with Crippen molar-refractivity contribution in [2.24, 2.45) is 7.05 Å². The molecule has 0 saturated carbocycles. The fraction of sp³-hybridized carbons (Fsp3) is 0.381. The number of carbonyl (C=O) groups is 1. The summed E-state index contributed by atoms with van der Waals surface area (Å²) in [5.74, 6) is -0.0521. The van der Waals surface area contributed by atoms with E-state index in [1.807, 2.05) is 42.3 Å². The van der Waals surface area contributed by atoms with Gasteiger partial charge in [-0.05, 0) is 12.1 Å². The van der Waals surface area contributed by atoms with Crippen molar-refractivity contribution in [1.29, 1.82) is 0 Å². The van der Waals surface area contributed by atoms with E-state index < -0.39 is 0 Å². The number of aromatic nitrogens is 3. The quantitative estimate of drug-likeness (QED) is 0.658. The lowest BCUT2D eigenvalue weighted by Gasteiger charge is -2.28. The number of quaternary nitrogens is 1. The number of para-hydroxylation sites is 1. The van der Waals surface area contributed by atoms with Crippen LogP contribution in [0.4, 0.5) is 0 Å². The molecule has 4 rings (SSSR count). The second-order valence-corrected chi connectivity index (χ2v) is 7.72. The first-order valence-corrected chi connectivity index (χ1v) is 10.2. The molecule has 1 amide bonds. The molecule has 0 aliphatic carbocycles. The lowest BCUT2D eigenvalue weighted by molar-refractivity contribution is -0.907. The van der Waals surface area contributed by atoms with Crippen molar-refractivity contribution in [1.82, 2.24) is 19.7 Å². The van der Waals surface area contributed by atoms with E-state index in [4.69, 9.17) is 16.3 Å². The molecular weight excluding hydrogens is 390 g/mol. The molecule has 1 aliphatic rings. The number of halogens is 1. The largest absolute Gasteiger partial charge is 0.370 e. The van der Waals surface area contributed by atoms with Crippen molar-refractivity contribution in [2.45, 2.75) is 6.54 Å². The first-order valence-electron chi connectivity index (χ1n) is 9.84. The van der Waals surface area contributed by atoms with E-state index in [-0.39, 0.29) is 5.91 Å². The maximum Gasteiger partial charge on any atom is 0.256 e. The third kappa shape index (κ3) is 4.58. The number of ether oxygens (including phenoxy) is 1. The Bertz CT molecular complexity index is 994. The van der Waals surface area contributed by atoms with Crippen LogP contribution in [-0.2, 0) is 18.3 Å². The Hall–Kier alpha value is -2.48. The number of pyridine rings is 1. The Morgan fingerprint density at radius 1 is 1.28 bits per heavy atom. The molecule has 3 heterocycles. The van der Waals surface area contributed by atoms with E-state index in [0.717, 1.165) is 43.8 Å². The van der Waals surface area contributed by atoms with Crippen molar-refractivity contribution in [3.8, 4) is 0 Å². The number of aryl methyl sites for hydroxylation is 1. The summed E-state index contributed by atoms with van der Waals surface area (Å²) in [5, 5.41) is 5.95. The zero-order valence-corrected chi connectivity index (χ0v) is 17.2. The number of hydrogen-bond donors (Lipinski definition) is 1. The molecule has 1 N–H and O–H groups in total. The Labute approximate surface area is 174 Å². The highest BCUT2D eigenvalue weighted by atomic mass is 35.5. The lowest BCUT2D eigenvalue weighted by atomic mass is 10.1. The van der Waals surface area contributed by atoms with Crippen molar-refractivity contribution < 1.29 is 14.4 Å². The molecule has 1 saturated heterocycles. The van der Waals surface area contributed by atoms with Crippen LogP contribution in [0.15, 0.2) is 42.7 Å². The van der Waals surface area contributed by atoms with Gasteiger partial charge >= 0.3 is 0 Å². The van der Waals surface area contributed by atoms with Crippen molar-refractivity contribution in [3.63, 3.8) is 0 Å². The molecule has 2 aromatic heterocycles. The summed E-state index contributed by atoms with van der Waals surface area (Å²) in [6, 6.07) is 9.56. The Balaban J connectivity index is 1.60. The number of fused-ring (bicyclic) bond motifs is 1. The van der Waals surface area contributed by atoms with E-state index in [2.05, 4.69) is 10.1 Å². The van der Waals surface area contributed by atoms with E-state index in [1.54, 1.807) is 17.1 Å². The van der Waals surface area contributed by atoms with Gasteiger partial charge in [0.25, 0.3) is 5.91 Å². The summed E-state index contributed by atoms with van der Waals surface area (Å²) in [6.07, 6.45) is 3.48. The average molecular weight is 415 g/mol. The predicted octanol–water partition coefficient (Wildman–Crippen LogP) is 1.18. The predicted molar refractivity (Wildman–Crippen MR) is 111 cm³/mol. The highest BCUT2D eigenvalue weighted by Crippen LogP contribution is 2.20. The minimum Gasteiger partial charge on any atom is -0.370 e. The third-order valence-corrected chi connectivity index (χ3v) is 5.60. The highest BCUT2D eigenvalue weighted by molar-refractivity contribution is 6.31. The van der Waals surface area contributed by atoms with Crippen LogP contribution < -0.4 is 4.90 Å². The zero-order valence-electron chi connectivity index (χ0n) is 16.5. The molecule has 0 radical (unpaired) electrons. The number of carbonyl (C=O) groups excluding carboxylic acids is 1. The van der Waals surface area contributed by atoms with Gasteiger partial charge in [-0.1, -0.05) is 29.8 Å². The normalized spacial score (nSPS) is 15.0. The number of morpholine rings is 1. The Kier molecular flexibility index (Phi) is 6.08. The molecule has 0 bridgehead atoms. The number of benzene rings is 1. The molecule has 152 valence electrons. The molecule has 0 atom stereocenters. The second kappa shape index (κ2) is 8.90. The van der Waals surface area contributed by atoms with Gasteiger partial charge in [0.15, 0.2) is 0 Å². The van der Waals surface area contributed by atoms with Gasteiger partial charge in [0.05, 0.1) is 49.0 Å². The minimum atomic E-state index is -0.0521. The van der Waals surface area contributed by atoms with Crippen molar-refractivity contribution in [2.75, 3.05) is 39.4 Å². The molecular formula is C21H25ClN5O2+. The maximum absolute atomic E-state index is 13.5. The van der Waals surface area contributed by atoms with Crippen LogP contribution in [0.2, 0.25) is 5.02 Å². The van der Waals surface area contributed by atoms with Crippen molar-refractivity contribution >= 4 is 28.4 Å². The molecule has 1 aromatic carbocycles. The van der Waals surface area contributed by atoms with Gasteiger partial charge in [-0.25, -0.2) is 0 Å². The molecule has 29 heavy (non-hydrogen) atoms. The van der Waals surface area contributed by atoms with Gasteiger partial charge in [-0.15, -0.1) is 0 Å². The smallest absolute Gasteiger partial charge is 0.256 e. The molecule has 8 heteroatoms. The number of rotatable bonds is 6. The van der Waals surface area contributed by atoms with Crippen LogP contribution in [0.25, 0.3) is 10.9 Å². The fourth-order valence-corrected chi connectivity index (χ4v) is 3.93. The second-order valence-electron chi connectivity index (χ2n) is 7.32. The molecule has 1 aliphatic heterocycles. The minimum absolute atomic E-state index is 0.0521. The topological polar surface area (TPSA) is 64.7 Å². The van der Waals surface area contributed by atoms with Gasteiger partial charge in [0.2, 0.25) is 0 Å². The molecule has 7 nitrogen and oxygen atoms in total. The van der Waals surface area contributed by atoms with E-state index in [1.165, 1.54) is 4.90 Å². The standard InChI is InChI=1S/C21H24ClN5O2/c1-25-14-18(22)19(24-25)15-27(9-8-26-10-12-29-13-11-26)21(28)17-6-2-4-16-5-3-7-23-20(16)17/h2-7,14H,8-13,15H2,1H3/p+1. The van der Waals surface area contributed by atoms with Crippen LogP contribution in [0, 0.1) is 0 Å². The summed E-state index contributed by atoms with van der Waals surface area (Å²) in [5.41, 5.74) is 2.02. The summed E-state index contributed by atoms with van der Waals surface area (Å²) in [4.78, 5) is 21.3. The number of nitrogens with zero attached hydrogens (tertiary/aromatic N) is 4. The molecule has 0 unspecified atom stereocenters. The van der Waals surface area contributed by atoms with Crippen LogP contribution in [-0.4, -0.2) is 65.0 Å². The SMILES string of the molecule is Cn1cc(Cl)c(CN(CC[NH+]2CCOCC2)C(=O)c2cccc3cccnc23)n1. The summed E-state index contributed by atoms with van der Waals surface area (Å²) in [7, 11) is 1.83. The van der Waals surface area contributed by atoms with Gasteiger partial charge in [-0.3, -0.25) is 14.5 Å². The van der Waals surface area contributed by atoms with Gasteiger partial charge in [0, 0.05) is 24.8 Å². The zero-order chi connectivity index (χ0) is 20.2. The fourth-order valence-electron chi connectivity index (χ4n) is 3.70. The monoisotopic (exact) mass is 414 g/mol. The summed E-state index contributed by atoms with van der Waals surface area (Å²) < 4.78 is 7.12. The molecule has 3 aromatic rings. The highest BCUT2D eigenvalue weighted by Gasteiger charge is 2.23.